The van der Waals surface area contributed by atoms with Crippen LogP contribution in [-0.4, -0.2) is 60.4 Å². The number of benzene rings is 1. The minimum Gasteiger partial charge on any atom is -0.491 e. The van der Waals surface area contributed by atoms with Crippen molar-refractivity contribution in [3.05, 3.63) is 41.4 Å². The zero-order chi connectivity index (χ0) is 16.1. The highest BCUT2D eigenvalue weighted by molar-refractivity contribution is 7.13. The van der Waals surface area contributed by atoms with E-state index in [1.165, 1.54) is 0 Å². The molecule has 23 heavy (non-hydrogen) atoms. The summed E-state index contributed by atoms with van der Waals surface area (Å²) in [5.41, 5.74) is 1.08. The second kappa shape index (κ2) is 7.77. The molecule has 1 aliphatic rings. The fourth-order valence-corrected chi connectivity index (χ4v) is 3.53. The molecule has 2 heterocycles. The molecule has 0 unspecified atom stereocenters. The summed E-state index contributed by atoms with van der Waals surface area (Å²) >= 11 is 1.70. The molecule has 0 radical (unpaired) electrons. The highest BCUT2D eigenvalue weighted by Crippen LogP contribution is 2.21. The first kappa shape index (κ1) is 16.2. The molecule has 1 aliphatic heterocycles. The summed E-state index contributed by atoms with van der Waals surface area (Å²) < 4.78 is 5.61. The number of piperazine rings is 1. The molecule has 0 saturated carbocycles. The van der Waals surface area contributed by atoms with E-state index in [9.17, 15) is 5.11 Å². The number of anilines is 1. The Morgan fingerprint density at radius 3 is 2.61 bits per heavy atom. The maximum Gasteiger partial charge on any atom is 0.185 e. The molecule has 2 aromatic rings. The van der Waals surface area contributed by atoms with Crippen LogP contribution in [0.25, 0.3) is 0 Å². The van der Waals surface area contributed by atoms with Crippen LogP contribution in [0, 0.1) is 6.92 Å². The van der Waals surface area contributed by atoms with Gasteiger partial charge in [-0.3, -0.25) is 4.90 Å². The lowest BCUT2D eigenvalue weighted by atomic mass is 10.2. The van der Waals surface area contributed by atoms with E-state index >= 15 is 0 Å². The van der Waals surface area contributed by atoms with Crippen LogP contribution in [0.2, 0.25) is 0 Å². The van der Waals surface area contributed by atoms with Gasteiger partial charge in [0.2, 0.25) is 0 Å². The minimum absolute atomic E-state index is 0.329. The van der Waals surface area contributed by atoms with Crippen molar-refractivity contribution >= 4 is 16.5 Å². The van der Waals surface area contributed by atoms with Crippen molar-refractivity contribution in [3.63, 3.8) is 0 Å². The lowest BCUT2D eigenvalue weighted by Crippen LogP contribution is -2.49. The van der Waals surface area contributed by atoms with Gasteiger partial charge in [-0.15, -0.1) is 11.3 Å². The number of β-amino-alcohol motifs (C(OH)–C–C–N with tert-alkyl or cyclic N) is 1. The number of aliphatic hydroxyl groups excluding tert-OH is 1. The molecule has 0 spiro atoms. The maximum atomic E-state index is 10.2. The lowest BCUT2D eigenvalue weighted by molar-refractivity contribution is 0.0663. The van der Waals surface area contributed by atoms with Crippen molar-refractivity contribution in [1.82, 2.24) is 9.88 Å². The molecule has 0 amide bonds. The van der Waals surface area contributed by atoms with Gasteiger partial charge in [0.1, 0.15) is 18.5 Å². The van der Waals surface area contributed by atoms with Crippen molar-refractivity contribution < 1.29 is 9.84 Å². The Morgan fingerprint density at radius 2 is 1.96 bits per heavy atom. The average Bonchev–Trinajstić information content (AvgIpc) is 3.01. The van der Waals surface area contributed by atoms with Crippen molar-refractivity contribution in [2.45, 2.75) is 13.0 Å². The predicted molar refractivity (Wildman–Crippen MR) is 93.4 cm³/mol. The lowest BCUT2D eigenvalue weighted by Gasteiger charge is -2.35. The van der Waals surface area contributed by atoms with Crippen molar-refractivity contribution in [3.8, 4) is 5.75 Å². The molecule has 1 N–H and O–H groups in total. The topological polar surface area (TPSA) is 48.8 Å². The second-order valence-electron chi connectivity index (χ2n) is 5.84. The van der Waals surface area contributed by atoms with Crippen molar-refractivity contribution in [1.29, 1.82) is 0 Å². The number of ether oxygens (including phenoxy) is 1. The third-order valence-electron chi connectivity index (χ3n) is 3.90. The van der Waals surface area contributed by atoms with Gasteiger partial charge in [0.05, 0.1) is 5.69 Å². The zero-order valence-electron chi connectivity index (χ0n) is 13.4. The number of hydrogen-bond donors (Lipinski definition) is 1. The Labute approximate surface area is 141 Å². The van der Waals surface area contributed by atoms with E-state index in [0.717, 1.165) is 42.8 Å². The van der Waals surface area contributed by atoms with Crippen LogP contribution >= 0.6 is 11.3 Å². The Balaban J connectivity index is 1.40. The van der Waals surface area contributed by atoms with Crippen molar-refractivity contribution in [2.24, 2.45) is 0 Å². The quantitative estimate of drug-likeness (QED) is 0.876. The molecule has 1 fully saturated rings. The number of thiazole rings is 1. The standard InChI is InChI=1S/C17H23N3O2S/c1-14-13-23-17(18-14)20-9-7-19(8-10-20)11-15(21)12-22-16-5-3-2-4-6-16/h2-6,13,15,21H,7-12H2,1H3/t15-/m0/s1. The molecule has 5 nitrogen and oxygen atoms in total. The maximum absolute atomic E-state index is 10.2. The number of hydrogen-bond acceptors (Lipinski definition) is 6. The van der Waals surface area contributed by atoms with Gasteiger partial charge in [0.15, 0.2) is 5.13 Å². The van der Waals surface area contributed by atoms with Gasteiger partial charge in [-0.05, 0) is 19.1 Å². The van der Waals surface area contributed by atoms with E-state index < -0.39 is 6.10 Å². The first-order chi connectivity index (χ1) is 11.2. The molecule has 124 valence electrons. The third-order valence-corrected chi connectivity index (χ3v) is 4.92. The van der Waals surface area contributed by atoms with Gasteiger partial charge < -0.3 is 14.7 Å². The summed E-state index contributed by atoms with van der Waals surface area (Å²) in [5.74, 6) is 0.801. The van der Waals surface area contributed by atoms with Crippen LogP contribution in [0.15, 0.2) is 35.7 Å². The van der Waals surface area contributed by atoms with Crippen LogP contribution in [0.4, 0.5) is 5.13 Å². The summed E-state index contributed by atoms with van der Waals surface area (Å²) in [5, 5.41) is 13.4. The number of rotatable bonds is 6. The van der Waals surface area contributed by atoms with E-state index in [1.54, 1.807) is 11.3 Å². The molecule has 6 heteroatoms. The number of aryl methyl sites for hydroxylation is 1. The third kappa shape index (κ3) is 4.67. The first-order valence-corrected chi connectivity index (χ1v) is 8.84. The van der Waals surface area contributed by atoms with Gasteiger partial charge in [-0.25, -0.2) is 4.98 Å². The molecular weight excluding hydrogens is 310 g/mol. The Morgan fingerprint density at radius 1 is 1.22 bits per heavy atom. The molecule has 1 aromatic carbocycles. The molecule has 1 saturated heterocycles. The van der Waals surface area contributed by atoms with Crippen LogP contribution in [-0.2, 0) is 0 Å². The second-order valence-corrected chi connectivity index (χ2v) is 6.67. The fourth-order valence-electron chi connectivity index (χ4n) is 2.67. The van der Waals surface area contributed by atoms with Crippen LogP contribution in [0.3, 0.4) is 0 Å². The first-order valence-electron chi connectivity index (χ1n) is 7.96. The van der Waals surface area contributed by atoms with E-state index in [2.05, 4.69) is 20.2 Å². The summed E-state index contributed by atoms with van der Waals surface area (Å²) in [6.07, 6.45) is -0.469. The average molecular weight is 333 g/mol. The summed E-state index contributed by atoms with van der Waals surface area (Å²) in [7, 11) is 0. The van der Waals surface area contributed by atoms with E-state index in [-0.39, 0.29) is 0 Å². The van der Waals surface area contributed by atoms with Gasteiger partial charge >= 0.3 is 0 Å². The van der Waals surface area contributed by atoms with E-state index in [1.807, 2.05) is 37.3 Å². The van der Waals surface area contributed by atoms with Gasteiger partial charge in [0, 0.05) is 38.1 Å². The smallest absolute Gasteiger partial charge is 0.185 e. The number of para-hydroxylation sites is 1. The van der Waals surface area contributed by atoms with Gasteiger partial charge in [-0.1, -0.05) is 18.2 Å². The summed E-state index contributed by atoms with van der Waals surface area (Å²) in [6, 6.07) is 9.62. The normalized spacial score (nSPS) is 17.2. The van der Waals surface area contributed by atoms with Crippen LogP contribution in [0.5, 0.6) is 5.75 Å². The molecule has 3 rings (SSSR count). The Bertz CT molecular complexity index is 597. The van der Waals surface area contributed by atoms with Gasteiger partial charge in [-0.2, -0.15) is 0 Å². The Hall–Kier alpha value is -1.63. The monoisotopic (exact) mass is 333 g/mol. The van der Waals surface area contributed by atoms with Crippen molar-refractivity contribution in [2.75, 3.05) is 44.2 Å². The summed E-state index contributed by atoms with van der Waals surface area (Å²) in [4.78, 5) is 9.15. The van der Waals surface area contributed by atoms with E-state index in [4.69, 9.17) is 4.74 Å². The molecule has 1 atom stereocenters. The highest BCUT2D eigenvalue weighted by atomic mass is 32.1. The Kier molecular flexibility index (Phi) is 5.48. The molecular formula is C17H23N3O2S. The predicted octanol–water partition coefficient (Wildman–Crippen LogP) is 2.01. The SMILES string of the molecule is Cc1csc(N2CCN(C[C@H](O)COc3ccccc3)CC2)n1. The molecule has 0 aliphatic carbocycles. The number of aromatic nitrogens is 1. The largest absolute Gasteiger partial charge is 0.491 e. The van der Waals surface area contributed by atoms with Gasteiger partial charge in [0.25, 0.3) is 0 Å². The van der Waals surface area contributed by atoms with Crippen LogP contribution in [0.1, 0.15) is 5.69 Å². The number of nitrogens with zero attached hydrogens (tertiary/aromatic N) is 3. The zero-order valence-corrected chi connectivity index (χ0v) is 14.2. The fraction of sp³-hybridized carbons (Fsp3) is 0.471. The van der Waals surface area contributed by atoms with Crippen LogP contribution < -0.4 is 9.64 Å². The number of aliphatic hydroxyl groups is 1. The summed E-state index contributed by atoms with van der Waals surface area (Å²) in [6.45, 7) is 6.81. The van der Waals surface area contributed by atoms with E-state index in [0.29, 0.717) is 13.2 Å². The molecule has 1 aromatic heterocycles. The molecule has 0 bridgehead atoms. The highest BCUT2D eigenvalue weighted by Gasteiger charge is 2.21. The minimum atomic E-state index is -0.469.